The molecule has 4 heteroatoms. The molecule has 2 heterocycles. The van der Waals surface area contributed by atoms with Crippen molar-refractivity contribution in [2.75, 3.05) is 26.3 Å². The summed E-state index contributed by atoms with van der Waals surface area (Å²) in [5.74, 6) is 1.53. The largest absolute Gasteiger partial charge is 0.381 e. The Bertz CT molecular complexity index is 249. The molecule has 16 heavy (non-hydrogen) atoms. The van der Waals surface area contributed by atoms with Gasteiger partial charge in [-0.15, -0.1) is 0 Å². The van der Waals surface area contributed by atoms with Gasteiger partial charge in [-0.25, -0.2) is 0 Å². The maximum atomic E-state index is 11.7. The Morgan fingerprint density at radius 3 is 2.62 bits per heavy atom. The molecule has 0 bridgehead atoms. The van der Waals surface area contributed by atoms with Gasteiger partial charge in [-0.05, 0) is 38.0 Å². The lowest BCUT2D eigenvalue weighted by Crippen LogP contribution is -2.41. The summed E-state index contributed by atoms with van der Waals surface area (Å²) in [7, 11) is 0. The van der Waals surface area contributed by atoms with Crippen LogP contribution in [0.15, 0.2) is 0 Å². The van der Waals surface area contributed by atoms with Crippen molar-refractivity contribution in [2.45, 2.75) is 32.2 Å². The average molecular weight is 226 g/mol. The fourth-order valence-electron chi connectivity index (χ4n) is 2.85. The molecule has 0 aromatic heterocycles. The van der Waals surface area contributed by atoms with Crippen LogP contribution in [0.1, 0.15) is 26.2 Å². The highest BCUT2D eigenvalue weighted by molar-refractivity contribution is 5.81. The standard InChI is InChI=1S/C12H22N2O2/c1-9(13)12(15)14-5-2-11(8-14)10-3-6-16-7-4-10/h9-11H,2-8,13H2,1H3/t9-,11?/m1/s1. The van der Waals surface area contributed by atoms with Crippen LogP contribution in [0.25, 0.3) is 0 Å². The number of carbonyl (C=O) groups excluding carboxylic acids is 1. The average Bonchev–Trinajstić information content (AvgIpc) is 2.78. The van der Waals surface area contributed by atoms with Crippen molar-refractivity contribution in [3.05, 3.63) is 0 Å². The number of carbonyl (C=O) groups is 1. The molecule has 2 saturated heterocycles. The van der Waals surface area contributed by atoms with Gasteiger partial charge in [0.15, 0.2) is 0 Å². The third-order valence-corrected chi connectivity index (χ3v) is 3.86. The van der Waals surface area contributed by atoms with Gasteiger partial charge in [-0.1, -0.05) is 0 Å². The molecular weight excluding hydrogens is 204 g/mol. The number of nitrogens with zero attached hydrogens (tertiary/aromatic N) is 1. The van der Waals surface area contributed by atoms with E-state index in [0.717, 1.165) is 51.5 Å². The van der Waals surface area contributed by atoms with Gasteiger partial charge in [0.1, 0.15) is 0 Å². The molecular formula is C12H22N2O2. The van der Waals surface area contributed by atoms with Crippen LogP contribution in [0, 0.1) is 11.8 Å². The highest BCUT2D eigenvalue weighted by Crippen LogP contribution is 2.31. The Hall–Kier alpha value is -0.610. The van der Waals surface area contributed by atoms with Crippen LogP contribution < -0.4 is 5.73 Å². The minimum absolute atomic E-state index is 0.106. The van der Waals surface area contributed by atoms with E-state index >= 15 is 0 Å². The van der Waals surface area contributed by atoms with E-state index in [-0.39, 0.29) is 11.9 Å². The Labute approximate surface area is 97.1 Å². The number of nitrogens with two attached hydrogens (primary N) is 1. The second kappa shape index (κ2) is 5.15. The van der Waals surface area contributed by atoms with Gasteiger partial charge in [-0.3, -0.25) is 4.79 Å². The SMILES string of the molecule is C[C@@H](N)C(=O)N1CCC(C2CCOCC2)C1. The fourth-order valence-corrected chi connectivity index (χ4v) is 2.85. The maximum Gasteiger partial charge on any atom is 0.239 e. The molecule has 0 aromatic carbocycles. The molecule has 4 nitrogen and oxygen atoms in total. The molecule has 2 aliphatic heterocycles. The first-order valence-electron chi connectivity index (χ1n) is 6.30. The highest BCUT2D eigenvalue weighted by atomic mass is 16.5. The Morgan fingerprint density at radius 2 is 2.00 bits per heavy atom. The van der Waals surface area contributed by atoms with Crippen molar-refractivity contribution in [3.63, 3.8) is 0 Å². The maximum absolute atomic E-state index is 11.7. The van der Waals surface area contributed by atoms with E-state index in [4.69, 9.17) is 10.5 Å². The molecule has 2 aliphatic rings. The fraction of sp³-hybridized carbons (Fsp3) is 0.917. The van der Waals surface area contributed by atoms with E-state index in [1.54, 1.807) is 6.92 Å². The number of likely N-dealkylation sites (tertiary alicyclic amines) is 1. The van der Waals surface area contributed by atoms with Crippen molar-refractivity contribution < 1.29 is 9.53 Å². The summed E-state index contributed by atoms with van der Waals surface area (Å²) in [5, 5.41) is 0. The third-order valence-electron chi connectivity index (χ3n) is 3.86. The minimum Gasteiger partial charge on any atom is -0.381 e. The van der Waals surface area contributed by atoms with Crippen LogP contribution in [-0.4, -0.2) is 43.2 Å². The van der Waals surface area contributed by atoms with E-state index < -0.39 is 0 Å². The summed E-state index contributed by atoms with van der Waals surface area (Å²) < 4.78 is 5.37. The van der Waals surface area contributed by atoms with Gasteiger partial charge in [0, 0.05) is 26.3 Å². The zero-order valence-electron chi connectivity index (χ0n) is 10.0. The van der Waals surface area contributed by atoms with Crippen molar-refractivity contribution in [1.29, 1.82) is 0 Å². The number of hydrogen-bond donors (Lipinski definition) is 1. The molecule has 2 N–H and O–H groups in total. The molecule has 2 atom stereocenters. The first-order chi connectivity index (χ1) is 7.68. The number of ether oxygens (including phenoxy) is 1. The molecule has 0 spiro atoms. The first kappa shape index (κ1) is 11.9. The Morgan fingerprint density at radius 1 is 1.31 bits per heavy atom. The number of rotatable bonds is 2. The van der Waals surface area contributed by atoms with Crippen molar-refractivity contribution in [1.82, 2.24) is 4.90 Å². The zero-order chi connectivity index (χ0) is 11.5. The predicted octanol–water partition coefficient (Wildman–Crippen LogP) is 0.609. The molecule has 92 valence electrons. The van der Waals surface area contributed by atoms with E-state index in [2.05, 4.69) is 0 Å². The Kier molecular flexibility index (Phi) is 3.82. The second-order valence-electron chi connectivity index (χ2n) is 5.07. The number of amides is 1. The second-order valence-corrected chi connectivity index (χ2v) is 5.07. The molecule has 2 fully saturated rings. The van der Waals surface area contributed by atoms with E-state index in [0.29, 0.717) is 5.92 Å². The molecule has 2 rings (SSSR count). The van der Waals surface area contributed by atoms with Crippen LogP contribution in [0.4, 0.5) is 0 Å². The summed E-state index contributed by atoms with van der Waals surface area (Å²) in [4.78, 5) is 13.7. The van der Waals surface area contributed by atoms with E-state index in [1.807, 2.05) is 4.90 Å². The minimum atomic E-state index is -0.353. The monoisotopic (exact) mass is 226 g/mol. The summed E-state index contributed by atoms with van der Waals surface area (Å²) in [6, 6.07) is -0.353. The summed E-state index contributed by atoms with van der Waals surface area (Å²) >= 11 is 0. The zero-order valence-corrected chi connectivity index (χ0v) is 10.0. The third kappa shape index (κ3) is 2.55. The first-order valence-corrected chi connectivity index (χ1v) is 6.30. The quantitative estimate of drug-likeness (QED) is 0.750. The van der Waals surface area contributed by atoms with Crippen LogP contribution >= 0.6 is 0 Å². The van der Waals surface area contributed by atoms with Crippen molar-refractivity contribution in [3.8, 4) is 0 Å². The molecule has 0 aliphatic carbocycles. The van der Waals surface area contributed by atoms with Gasteiger partial charge < -0.3 is 15.4 Å². The van der Waals surface area contributed by atoms with Crippen LogP contribution in [-0.2, 0) is 9.53 Å². The van der Waals surface area contributed by atoms with Gasteiger partial charge in [0.05, 0.1) is 6.04 Å². The molecule has 1 unspecified atom stereocenters. The summed E-state index contributed by atoms with van der Waals surface area (Å²) in [6.45, 7) is 5.35. The molecule has 1 amide bonds. The Balaban J connectivity index is 1.85. The van der Waals surface area contributed by atoms with Crippen molar-refractivity contribution in [2.24, 2.45) is 17.6 Å². The van der Waals surface area contributed by atoms with Crippen LogP contribution in [0.3, 0.4) is 0 Å². The van der Waals surface area contributed by atoms with Crippen molar-refractivity contribution >= 4 is 5.91 Å². The summed E-state index contributed by atoms with van der Waals surface area (Å²) in [5.41, 5.74) is 5.63. The van der Waals surface area contributed by atoms with Crippen LogP contribution in [0.5, 0.6) is 0 Å². The van der Waals surface area contributed by atoms with Gasteiger partial charge in [0.25, 0.3) is 0 Å². The van der Waals surface area contributed by atoms with Gasteiger partial charge in [0.2, 0.25) is 5.91 Å². The lowest BCUT2D eigenvalue weighted by Gasteiger charge is -2.27. The normalized spacial score (nSPS) is 29.4. The number of hydrogen-bond acceptors (Lipinski definition) is 3. The molecule has 0 radical (unpaired) electrons. The summed E-state index contributed by atoms with van der Waals surface area (Å²) in [6.07, 6.45) is 3.46. The van der Waals surface area contributed by atoms with E-state index in [9.17, 15) is 4.79 Å². The lowest BCUT2D eigenvalue weighted by atomic mass is 9.85. The van der Waals surface area contributed by atoms with E-state index in [1.165, 1.54) is 0 Å². The van der Waals surface area contributed by atoms with Crippen LogP contribution in [0.2, 0.25) is 0 Å². The van der Waals surface area contributed by atoms with Gasteiger partial charge >= 0.3 is 0 Å². The topological polar surface area (TPSA) is 55.6 Å². The molecule has 0 aromatic rings. The molecule has 0 saturated carbocycles. The van der Waals surface area contributed by atoms with Gasteiger partial charge in [-0.2, -0.15) is 0 Å². The highest BCUT2D eigenvalue weighted by Gasteiger charge is 2.33. The predicted molar refractivity (Wildman–Crippen MR) is 61.9 cm³/mol. The smallest absolute Gasteiger partial charge is 0.239 e. The lowest BCUT2D eigenvalue weighted by molar-refractivity contribution is -0.131.